The highest BCUT2D eigenvalue weighted by Gasteiger charge is 2.05. The highest BCUT2D eigenvalue weighted by atomic mass is 16.5. The Balaban J connectivity index is 2.80. The predicted octanol–water partition coefficient (Wildman–Crippen LogP) is 3.68. The van der Waals surface area contributed by atoms with Gasteiger partial charge in [0.25, 0.3) is 0 Å². The summed E-state index contributed by atoms with van der Waals surface area (Å²) in [7, 11) is 0. The summed E-state index contributed by atoms with van der Waals surface area (Å²) < 4.78 is 4.99. The Morgan fingerprint density at radius 1 is 1.38 bits per heavy atom. The third-order valence-electron chi connectivity index (χ3n) is 2.43. The van der Waals surface area contributed by atoms with E-state index in [0.717, 1.165) is 6.42 Å². The molecule has 0 heterocycles. The molecule has 0 aliphatic carbocycles. The standard InChI is InChI=1S/C14H18O2/c1-4-6-12(5-2)13-7-9-14(10-8-13)16-11(3)15/h4,6-10,12H,5H2,1-3H3/b6-4+. The van der Waals surface area contributed by atoms with Gasteiger partial charge in [-0.1, -0.05) is 31.2 Å². The highest BCUT2D eigenvalue weighted by Crippen LogP contribution is 2.23. The number of allylic oxidation sites excluding steroid dienone is 2. The second kappa shape index (κ2) is 6.11. The average molecular weight is 218 g/mol. The first kappa shape index (κ1) is 12.5. The minimum Gasteiger partial charge on any atom is -0.427 e. The van der Waals surface area contributed by atoms with Crippen LogP contribution in [0.2, 0.25) is 0 Å². The molecule has 0 aliphatic rings. The third kappa shape index (κ3) is 3.54. The van der Waals surface area contributed by atoms with Crippen LogP contribution in [0.5, 0.6) is 5.75 Å². The van der Waals surface area contributed by atoms with Crippen molar-refractivity contribution < 1.29 is 9.53 Å². The summed E-state index contributed by atoms with van der Waals surface area (Å²) in [6, 6.07) is 7.69. The quantitative estimate of drug-likeness (QED) is 0.438. The van der Waals surface area contributed by atoms with Gasteiger partial charge in [-0.15, -0.1) is 0 Å². The molecule has 0 saturated carbocycles. The van der Waals surface area contributed by atoms with Gasteiger partial charge in [-0.2, -0.15) is 0 Å². The van der Waals surface area contributed by atoms with Crippen molar-refractivity contribution in [1.82, 2.24) is 0 Å². The Hall–Kier alpha value is -1.57. The lowest BCUT2D eigenvalue weighted by molar-refractivity contribution is -0.131. The van der Waals surface area contributed by atoms with Gasteiger partial charge in [0.15, 0.2) is 0 Å². The molecule has 0 N–H and O–H groups in total. The largest absolute Gasteiger partial charge is 0.427 e. The summed E-state index contributed by atoms with van der Waals surface area (Å²) in [4.78, 5) is 10.8. The molecule has 0 radical (unpaired) electrons. The van der Waals surface area contributed by atoms with Crippen molar-refractivity contribution in [1.29, 1.82) is 0 Å². The summed E-state index contributed by atoms with van der Waals surface area (Å²) in [5, 5.41) is 0. The first-order chi connectivity index (χ1) is 7.67. The van der Waals surface area contributed by atoms with Crippen LogP contribution in [-0.4, -0.2) is 5.97 Å². The van der Waals surface area contributed by atoms with Crippen LogP contribution in [-0.2, 0) is 4.79 Å². The molecule has 0 saturated heterocycles. The van der Waals surface area contributed by atoms with E-state index in [9.17, 15) is 4.79 Å². The molecule has 1 unspecified atom stereocenters. The van der Waals surface area contributed by atoms with Gasteiger partial charge in [0.1, 0.15) is 5.75 Å². The second-order valence-corrected chi connectivity index (χ2v) is 3.70. The molecule has 0 spiro atoms. The summed E-state index contributed by atoms with van der Waals surface area (Å²) in [5.41, 5.74) is 1.25. The van der Waals surface area contributed by atoms with Crippen LogP contribution in [0.25, 0.3) is 0 Å². The second-order valence-electron chi connectivity index (χ2n) is 3.70. The van der Waals surface area contributed by atoms with Gasteiger partial charge in [-0.3, -0.25) is 4.79 Å². The number of esters is 1. The number of rotatable bonds is 4. The first-order valence-electron chi connectivity index (χ1n) is 5.58. The number of carbonyl (C=O) groups is 1. The minimum atomic E-state index is -0.284. The zero-order valence-corrected chi connectivity index (χ0v) is 10.1. The molecule has 0 bridgehead atoms. The van der Waals surface area contributed by atoms with E-state index in [2.05, 4.69) is 19.1 Å². The lowest BCUT2D eigenvalue weighted by atomic mass is 9.96. The van der Waals surface area contributed by atoms with E-state index in [1.165, 1.54) is 12.5 Å². The molecule has 0 amide bonds. The molecule has 2 nitrogen and oxygen atoms in total. The Kier molecular flexibility index (Phi) is 4.77. The molecular formula is C14H18O2. The maximum absolute atomic E-state index is 10.8. The molecule has 1 aromatic rings. The summed E-state index contributed by atoms with van der Waals surface area (Å²) >= 11 is 0. The van der Waals surface area contributed by atoms with Crippen LogP contribution in [0, 0.1) is 0 Å². The zero-order valence-electron chi connectivity index (χ0n) is 10.1. The van der Waals surface area contributed by atoms with Crippen LogP contribution in [0.4, 0.5) is 0 Å². The normalized spacial score (nSPS) is 12.7. The first-order valence-corrected chi connectivity index (χ1v) is 5.58. The molecular weight excluding hydrogens is 200 g/mol. The van der Waals surface area contributed by atoms with Crippen LogP contribution in [0.15, 0.2) is 36.4 Å². The topological polar surface area (TPSA) is 26.3 Å². The molecule has 2 heteroatoms. The van der Waals surface area contributed by atoms with E-state index in [1.54, 1.807) is 0 Å². The molecule has 86 valence electrons. The van der Waals surface area contributed by atoms with Crippen molar-refractivity contribution in [2.75, 3.05) is 0 Å². The number of ether oxygens (including phenoxy) is 1. The van der Waals surface area contributed by atoms with E-state index in [4.69, 9.17) is 4.74 Å². The molecule has 1 rings (SSSR count). The predicted molar refractivity (Wildman–Crippen MR) is 65.6 cm³/mol. The van der Waals surface area contributed by atoms with Gasteiger partial charge < -0.3 is 4.74 Å². The van der Waals surface area contributed by atoms with Crippen molar-refractivity contribution in [3.8, 4) is 5.75 Å². The molecule has 1 aromatic carbocycles. The molecule has 0 fully saturated rings. The van der Waals surface area contributed by atoms with E-state index < -0.39 is 0 Å². The van der Waals surface area contributed by atoms with E-state index in [-0.39, 0.29) is 5.97 Å². The van der Waals surface area contributed by atoms with E-state index >= 15 is 0 Å². The monoisotopic (exact) mass is 218 g/mol. The fraction of sp³-hybridized carbons (Fsp3) is 0.357. The van der Waals surface area contributed by atoms with Crippen molar-refractivity contribution >= 4 is 5.97 Å². The van der Waals surface area contributed by atoms with Crippen molar-refractivity contribution in [3.05, 3.63) is 42.0 Å². The molecule has 0 aromatic heterocycles. The minimum absolute atomic E-state index is 0.284. The Morgan fingerprint density at radius 2 is 2.00 bits per heavy atom. The third-order valence-corrected chi connectivity index (χ3v) is 2.43. The number of hydrogen-bond donors (Lipinski definition) is 0. The lowest BCUT2D eigenvalue weighted by Gasteiger charge is -2.11. The van der Waals surface area contributed by atoms with Crippen molar-refractivity contribution in [2.24, 2.45) is 0 Å². The Labute approximate surface area is 96.9 Å². The zero-order chi connectivity index (χ0) is 12.0. The van der Waals surface area contributed by atoms with Gasteiger partial charge >= 0.3 is 5.97 Å². The molecule has 16 heavy (non-hydrogen) atoms. The van der Waals surface area contributed by atoms with E-state index in [1.807, 2.05) is 31.2 Å². The van der Waals surface area contributed by atoms with Crippen molar-refractivity contribution in [3.63, 3.8) is 0 Å². The Bertz CT molecular complexity index is 363. The van der Waals surface area contributed by atoms with Crippen LogP contribution < -0.4 is 4.74 Å². The van der Waals surface area contributed by atoms with Crippen LogP contribution >= 0.6 is 0 Å². The van der Waals surface area contributed by atoms with Crippen molar-refractivity contribution in [2.45, 2.75) is 33.1 Å². The summed E-state index contributed by atoms with van der Waals surface area (Å²) in [5.74, 6) is 0.760. The van der Waals surface area contributed by atoms with Crippen LogP contribution in [0.1, 0.15) is 38.7 Å². The van der Waals surface area contributed by atoms with Gasteiger partial charge in [0.05, 0.1) is 0 Å². The number of carbonyl (C=O) groups excluding carboxylic acids is 1. The highest BCUT2D eigenvalue weighted by molar-refractivity contribution is 5.69. The van der Waals surface area contributed by atoms with Gasteiger partial charge in [0.2, 0.25) is 0 Å². The van der Waals surface area contributed by atoms with Gasteiger partial charge in [-0.25, -0.2) is 0 Å². The van der Waals surface area contributed by atoms with Crippen LogP contribution in [0.3, 0.4) is 0 Å². The molecule has 1 atom stereocenters. The van der Waals surface area contributed by atoms with E-state index in [0.29, 0.717) is 11.7 Å². The average Bonchev–Trinajstić information content (AvgIpc) is 2.26. The lowest BCUT2D eigenvalue weighted by Crippen LogP contribution is -2.01. The summed E-state index contributed by atoms with van der Waals surface area (Å²) in [6.45, 7) is 5.59. The smallest absolute Gasteiger partial charge is 0.308 e. The maximum Gasteiger partial charge on any atom is 0.308 e. The molecule has 0 aliphatic heterocycles. The summed E-state index contributed by atoms with van der Waals surface area (Å²) in [6.07, 6.45) is 5.31. The van der Waals surface area contributed by atoms with Gasteiger partial charge in [-0.05, 0) is 31.0 Å². The maximum atomic E-state index is 10.8. The fourth-order valence-corrected chi connectivity index (χ4v) is 1.66. The SMILES string of the molecule is C/C=C/C(CC)c1ccc(OC(C)=O)cc1. The fourth-order valence-electron chi connectivity index (χ4n) is 1.66. The number of hydrogen-bond acceptors (Lipinski definition) is 2. The Morgan fingerprint density at radius 3 is 2.44 bits per heavy atom. The number of benzene rings is 1. The van der Waals surface area contributed by atoms with Gasteiger partial charge in [0, 0.05) is 12.8 Å².